The van der Waals surface area contributed by atoms with Crippen molar-refractivity contribution >= 4 is 17.9 Å². The lowest BCUT2D eigenvalue weighted by atomic mass is 10.1. The van der Waals surface area contributed by atoms with E-state index >= 15 is 0 Å². The molecule has 2 amide bonds. The molecule has 22 heavy (non-hydrogen) atoms. The number of nitrogens with one attached hydrogen (secondary N) is 1. The summed E-state index contributed by atoms with van der Waals surface area (Å²) >= 11 is 0. The topological polar surface area (TPSA) is 46.2 Å². The second kappa shape index (κ2) is 9.29. The Kier molecular flexibility index (Phi) is 7.34. The molecule has 0 aliphatic carbocycles. The van der Waals surface area contributed by atoms with Crippen molar-refractivity contribution in [3.8, 4) is 0 Å². The summed E-state index contributed by atoms with van der Waals surface area (Å²) in [6.07, 6.45) is 3.03. The molecular weight excluding hydrogens is 274 g/mol. The molecule has 0 aromatic heterocycles. The van der Waals surface area contributed by atoms with Crippen molar-refractivity contribution in [3.63, 3.8) is 0 Å². The Bertz CT molecular complexity index is 628. The summed E-state index contributed by atoms with van der Waals surface area (Å²) in [6, 6.07) is 16.4. The molecule has 0 heterocycles. The van der Waals surface area contributed by atoms with Crippen LogP contribution in [0.25, 0.3) is 6.08 Å². The Morgan fingerprint density at radius 1 is 0.909 bits per heavy atom. The van der Waals surface area contributed by atoms with Gasteiger partial charge in [0, 0.05) is 11.6 Å². The molecule has 3 nitrogen and oxygen atoms in total. The van der Waals surface area contributed by atoms with E-state index in [2.05, 4.69) is 5.32 Å². The molecule has 3 heteroatoms. The minimum atomic E-state index is -0.431. The summed E-state index contributed by atoms with van der Waals surface area (Å²) in [6.45, 7) is 6.00. The van der Waals surface area contributed by atoms with E-state index in [-0.39, 0.29) is 0 Å². The van der Waals surface area contributed by atoms with E-state index in [1.165, 1.54) is 6.08 Å². The van der Waals surface area contributed by atoms with Gasteiger partial charge < -0.3 is 0 Å². The Morgan fingerprint density at radius 3 is 2.09 bits per heavy atom. The molecule has 0 fully saturated rings. The third kappa shape index (κ3) is 5.75. The van der Waals surface area contributed by atoms with E-state index in [4.69, 9.17) is 0 Å². The molecule has 0 spiro atoms. The van der Waals surface area contributed by atoms with Crippen LogP contribution in [0.2, 0.25) is 0 Å². The van der Waals surface area contributed by atoms with Crippen molar-refractivity contribution in [1.82, 2.24) is 5.32 Å². The number of carbonyl (C=O) groups excluding carboxylic acids is 2. The molecule has 0 saturated heterocycles. The Balaban J connectivity index is 0.00000116. The molecule has 0 saturated carbocycles. The highest BCUT2D eigenvalue weighted by Gasteiger charge is 2.06. The first-order valence-corrected chi connectivity index (χ1v) is 7.30. The third-order valence-corrected chi connectivity index (χ3v) is 2.78. The maximum Gasteiger partial charge on any atom is 0.258 e. The van der Waals surface area contributed by atoms with Crippen molar-refractivity contribution in [2.24, 2.45) is 0 Å². The van der Waals surface area contributed by atoms with Gasteiger partial charge in [0.2, 0.25) is 0 Å². The molecule has 0 radical (unpaired) electrons. The van der Waals surface area contributed by atoms with Crippen LogP contribution in [0, 0.1) is 6.92 Å². The Labute approximate surface area is 131 Å². The molecule has 0 atom stereocenters. The number of hydrogen-bond acceptors (Lipinski definition) is 2. The fourth-order valence-electron chi connectivity index (χ4n) is 1.66. The van der Waals surface area contributed by atoms with Gasteiger partial charge in [0.15, 0.2) is 0 Å². The lowest BCUT2D eigenvalue weighted by Gasteiger charge is -2.00. The van der Waals surface area contributed by atoms with Crippen LogP contribution in [0.4, 0.5) is 0 Å². The number of imide groups is 1. The molecule has 2 aromatic rings. The zero-order valence-corrected chi connectivity index (χ0v) is 13.2. The molecule has 2 aromatic carbocycles. The molecule has 0 unspecified atom stereocenters. The SMILES string of the molecule is CC.Cc1ccc(/C=C/C(=O)NC(=O)c2ccccc2)cc1. The molecule has 0 bridgehead atoms. The third-order valence-electron chi connectivity index (χ3n) is 2.78. The standard InChI is InChI=1S/C17H15NO2.C2H6/c1-13-7-9-14(10-8-13)11-12-16(19)18-17(20)15-5-3-2-4-6-15;1-2/h2-12H,1H3,(H,18,19,20);1-2H3/b12-11+;. The van der Waals surface area contributed by atoms with Crippen LogP contribution in [0.15, 0.2) is 60.7 Å². The zero-order chi connectivity index (χ0) is 16.4. The second-order valence-electron chi connectivity index (χ2n) is 4.43. The van der Waals surface area contributed by atoms with Gasteiger partial charge in [0.25, 0.3) is 11.8 Å². The zero-order valence-electron chi connectivity index (χ0n) is 13.2. The number of hydrogen-bond donors (Lipinski definition) is 1. The quantitative estimate of drug-likeness (QED) is 0.870. The van der Waals surface area contributed by atoms with Crippen LogP contribution >= 0.6 is 0 Å². The number of rotatable bonds is 3. The van der Waals surface area contributed by atoms with E-state index in [0.717, 1.165) is 11.1 Å². The van der Waals surface area contributed by atoms with Crippen molar-refractivity contribution in [2.75, 3.05) is 0 Å². The first-order valence-electron chi connectivity index (χ1n) is 7.30. The molecular formula is C19H21NO2. The highest BCUT2D eigenvalue weighted by molar-refractivity contribution is 6.09. The summed E-state index contributed by atoms with van der Waals surface area (Å²) in [4.78, 5) is 23.4. The lowest BCUT2D eigenvalue weighted by Crippen LogP contribution is -2.28. The maximum atomic E-state index is 11.7. The van der Waals surface area contributed by atoms with Gasteiger partial charge in [-0.1, -0.05) is 61.9 Å². The number of benzene rings is 2. The number of carbonyl (C=O) groups is 2. The average Bonchev–Trinajstić information content (AvgIpc) is 2.57. The van der Waals surface area contributed by atoms with Crippen molar-refractivity contribution in [3.05, 3.63) is 77.4 Å². The fourth-order valence-corrected chi connectivity index (χ4v) is 1.66. The summed E-state index contributed by atoms with van der Waals surface area (Å²) in [5.41, 5.74) is 2.54. The molecule has 0 aliphatic rings. The summed E-state index contributed by atoms with van der Waals surface area (Å²) in [5, 5.41) is 2.31. The predicted molar refractivity (Wildman–Crippen MR) is 90.5 cm³/mol. The molecule has 0 aliphatic heterocycles. The summed E-state index contributed by atoms with van der Waals surface area (Å²) < 4.78 is 0. The van der Waals surface area contributed by atoms with Gasteiger partial charge in [-0.2, -0.15) is 0 Å². The second-order valence-corrected chi connectivity index (χ2v) is 4.43. The van der Waals surface area contributed by atoms with Crippen LogP contribution in [0.3, 0.4) is 0 Å². The number of amides is 2. The average molecular weight is 295 g/mol. The summed E-state index contributed by atoms with van der Waals surface area (Å²) in [5.74, 6) is -0.830. The van der Waals surface area contributed by atoms with Crippen LogP contribution in [-0.2, 0) is 4.79 Å². The van der Waals surface area contributed by atoms with E-state index in [9.17, 15) is 9.59 Å². The lowest BCUT2D eigenvalue weighted by molar-refractivity contribution is -0.115. The Morgan fingerprint density at radius 2 is 1.50 bits per heavy atom. The van der Waals surface area contributed by atoms with E-state index < -0.39 is 11.8 Å². The first kappa shape index (κ1) is 17.4. The molecule has 2 rings (SSSR count). The van der Waals surface area contributed by atoms with Gasteiger partial charge >= 0.3 is 0 Å². The number of aryl methyl sites for hydroxylation is 1. The predicted octanol–water partition coefficient (Wildman–Crippen LogP) is 3.99. The minimum Gasteiger partial charge on any atom is -0.289 e. The van der Waals surface area contributed by atoms with Gasteiger partial charge in [-0.15, -0.1) is 0 Å². The smallest absolute Gasteiger partial charge is 0.258 e. The van der Waals surface area contributed by atoms with Crippen LogP contribution in [-0.4, -0.2) is 11.8 Å². The monoisotopic (exact) mass is 295 g/mol. The highest BCUT2D eigenvalue weighted by atomic mass is 16.2. The minimum absolute atomic E-state index is 0.399. The summed E-state index contributed by atoms with van der Waals surface area (Å²) in [7, 11) is 0. The van der Waals surface area contributed by atoms with Gasteiger partial charge in [-0.3, -0.25) is 14.9 Å². The van der Waals surface area contributed by atoms with Crippen molar-refractivity contribution < 1.29 is 9.59 Å². The van der Waals surface area contributed by atoms with Crippen LogP contribution in [0.1, 0.15) is 35.3 Å². The van der Waals surface area contributed by atoms with Crippen molar-refractivity contribution in [2.45, 2.75) is 20.8 Å². The van der Waals surface area contributed by atoms with Gasteiger partial charge in [0.1, 0.15) is 0 Å². The first-order chi connectivity index (χ1) is 10.6. The Hall–Kier alpha value is -2.68. The van der Waals surface area contributed by atoms with Gasteiger partial charge in [0.05, 0.1) is 0 Å². The van der Waals surface area contributed by atoms with Crippen molar-refractivity contribution in [1.29, 1.82) is 0 Å². The molecule has 1 N–H and O–H groups in total. The van der Waals surface area contributed by atoms with Crippen LogP contribution in [0.5, 0.6) is 0 Å². The van der Waals surface area contributed by atoms with E-state index in [1.807, 2.05) is 51.1 Å². The van der Waals surface area contributed by atoms with E-state index in [1.54, 1.807) is 30.3 Å². The largest absolute Gasteiger partial charge is 0.289 e. The van der Waals surface area contributed by atoms with E-state index in [0.29, 0.717) is 5.56 Å². The maximum absolute atomic E-state index is 11.7. The normalized spacial score (nSPS) is 9.77. The fraction of sp³-hybridized carbons (Fsp3) is 0.158. The molecule has 114 valence electrons. The van der Waals surface area contributed by atoms with Gasteiger partial charge in [-0.25, -0.2) is 0 Å². The van der Waals surface area contributed by atoms with Gasteiger partial charge in [-0.05, 0) is 30.7 Å². The highest BCUT2D eigenvalue weighted by Crippen LogP contribution is 2.05. The van der Waals surface area contributed by atoms with Crippen LogP contribution < -0.4 is 5.32 Å².